The van der Waals surface area contributed by atoms with E-state index in [4.69, 9.17) is 5.73 Å². The first-order valence-electron chi connectivity index (χ1n) is 8.82. The maximum absolute atomic E-state index is 12.9. The Morgan fingerprint density at radius 3 is 2.08 bits per heavy atom. The van der Waals surface area contributed by atoms with Gasteiger partial charge in [-0.3, -0.25) is 9.59 Å². The molecule has 0 radical (unpaired) electrons. The number of piperidine rings is 1. The van der Waals surface area contributed by atoms with Crippen LogP contribution in [0.3, 0.4) is 0 Å². The molecule has 0 unspecified atom stereocenters. The number of carbonyl (C=O) groups is 2. The Bertz CT molecular complexity index is 676. The lowest BCUT2D eigenvalue weighted by Crippen LogP contribution is -2.44. The lowest BCUT2D eigenvalue weighted by Gasteiger charge is -2.32. The summed E-state index contributed by atoms with van der Waals surface area (Å²) in [5.41, 5.74) is 7.70. The molecule has 1 heterocycles. The average molecular weight is 336 g/mol. The van der Waals surface area contributed by atoms with Gasteiger partial charge in [0.2, 0.25) is 11.8 Å². The molecule has 0 spiro atoms. The van der Waals surface area contributed by atoms with E-state index in [1.807, 2.05) is 36.4 Å². The Morgan fingerprint density at radius 1 is 1.00 bits per heavy atom. The van der Waals surface area contributed by atoms with Gasteiger partial charge in [0.15, 0.2) is 0 Å². The number of benzene rings is 2. The lowest BCUT2D eigenvalue weighted by atomic mass is 9.87. The number of likely N-dealkylation sites (tertiary alicyclic amines) is 1. The van der Waals surface area contributed by atoms with Crippen LogP contribution in [0.2, 0.25) is 0 Å². The van der Waals surface area contributed by atoms with Crippen molar-refractivity contribution in [1.29, 1.82) is 0 Å². The monoisotopic (exact) mass is 336 g/mol. The van der Waals surface area contributed by atoms with E-state index < -0.39 is 0 Å². The highest BCUT2D eigenvalue weighted by molar-refractivity contribution is 5.81. The molecule has 2 amide bonds. The van der Waals surface area contributed by atoms with Crippen molar-refractivity contribution in [2.24, 2.45) is 11.7 Å². The molecule has 2 aromatic carbocycles. The highest BCUT2D eigenvalue weighted by Gasteiger charge is 2.28. The van der Waals surface area contributed by atoms with Gasteiger partial charge < -0.3 is 10.6 Å². The van der Waals surface area contributed by atoms with E-state index in [-0.39, 0.29) is 23.7 Å². The van der Waals surface area contributed by atoms with Gasteiger partial charge in [0.25, 0.3) is 0 Å². The zero-order valence-corrected chi connectivity index (χ0v) is 14.3. The van der Waals surface area contributed by atoms with Crippen molar-refractivity contribution in [3.8, 4) is 0 Å². The zero-order valence-electron chi connectivity index (χ0n) is 14.3. The molecule has 2 N–H and O–H groups in total. The molecule has 0 saturated carbocycles. The van der Waals surface area contributed by atoms with E-state index in [1.54, 1.807) is 4.90 Å². The molecule has 0 aliphatic carbocycles. The van der Waals surface area contributed by atoms with Crippen LogP contribution in [0.25, 0.3) is 0 Å². The van der Waals surface area contributed by atoms with Gasteiger partial charge in [-0.05, 0) is 24.0 Å². The van der Waals surface area contributed by atoms with E-state index in [2.05, 4.69) is 24.3 Å². The minimum absolute atomic E-state index is 0.0175. The Morgan fingerprint density at radius 2 is 1.56 bits per heavy atom. The second-order valence-electron chi connectivity index (χ2n) is 6.66. The third kappa shape index (κ3) is 4.27. The molecular weight excluding hydrogens is 312 g/mol. The zero-order chi connectivity index (χ0) is 17.6. The van der Waals surface area contributed by atoms with Gasteiger partial charge in [0.05, 0.1) is 5.92 Å². The predicted molar refractivity (Wildman–Crippen MR) is 97.8 cm³/mol. The summed E-state index contributed by atoms with van der Waals surface area (Å²) >= 11 is 0. The molecule has 3 rings (SSSR count). The molecule has 1 atom stereocenters. The minimum atomic E-state index is -0.305. The fourth-order valence-corrected chi connectivity index (χ4v) is 3.54. The van der Waals surface area contributed by atoms with Crippen LogP contribution in [0, 0.1) is 5.92 Å². The van der Waals surface area contributed by atoms with E-state index in [9.17, 15) is 9.59 Å². The number of nitrogens with two attached hydrogens (primary N) is 1. The summed E-state index contributed by atoms with van der Waals surface area (Å²) in [5, 5.41) is 0. The molecule has 1 aliphatic heterocycles. The van der Waals surface area contributed by atoms with Crippen molar-refractivity contribution in [3.05, 3.63) is 71.8 Å². The van der Waals surface area contributed by atoms with Crippen molar-refractivity contribution in [3.63, 3.8) is 0 Å². The normalized spacial score (nSPS) is 17.5. The van der Waals surface area contributed by atoms with E-state index in [1.165, 1.54) is 0 Å². The fourth-order valence-electron chi connectivity index (χ4n) is 3.54. The highest BCUT2D eigenvalue weighted by Crippen LogP contribution is 2.29. The highest BCUT2D eigenvalue weighted by atomic mass is 16.2. The molecule has 1 aliphatic rings. The van der Waals surface area contributed by atoms with Gasteiger partial charge in [0, 0.05) is 25.4 Å². The molecule has 4 nitrogen and oxygen atoms in total. The van der Waals surface area contributed by atoms with Crippen LogP contribution in [0.4, 0.5) is 0 Å². The van der Waals surface area contributed by atoms with Crippen LogP contribution in [-0.2, 0) is 9.59 Å². The Kier molecular flexibility index (Phi) is 5.49. The van der Waals surface area contributed by atoms with Crippen molar-refractivity contribution in [2.75, 3.05) is 13.1 Å². The van der Waals surface area contributed by atoms with E-state index in [0.717, 1.165) is 24.0 Å². The Balaban J connectivity index is 1.78. The number of rotatable bonds is 5. The number of hydrogen-bond donors (Lipinski definition) is 1. The van der Waals surface area contributed by atoms with E-state index in [0.29, 0.717) is 19.5 Å². The number of hydrogen-bond acceptors (Lipinski definition) is 2. The molecule has 4 heteroatoms. The topological polar surface area (TPSA) is 63.4 Å². The SMILES string of the molecule is NC(=O)[C@H]1CCCN(C(=O)CC(c2ccccc2)c2ccccc2)C1. The maximum Gasteiger partial charge on any atom is 0.223 e. The molecule has 0 bridgehead atoms. The molecular formula is C21H24N2O2. The summed E-state index contributed by atoms with van der Waals surface area (Å²) in [6, 6.07) is 20.2. The number of primary amides is 1. The van der Waals surface area contributed by atoms with Gasteiger partial charge in [-0.1, -0.05) is 60.7 Å². The largest absolute Gasteiger partial charge is 0.369 e. The van der Waals surface area contributed by atoms with Crippen molar-refractivity contribution < 1.29 is 9.59 Å². The second kappa shape index (κ2) is 7.97. The molecule has 25 heavy (non-hydrogen) atoms. The fraction of sp³-hybridized carbons (Fsp3) is 0.333. The smallest absolute Gasteiger partial charge is 0.223 e. The molecule has 130 valence electrons. The third-order valence-corrected chi connectivity index (χ3v) is 4.96. The number of nitrogens with zero attached hydrogens (tertiary/aromatic N) is 1. The Labute approximate surface area is 148 Å². The Hall–Kier alpha value is -2.62. The quantitative estimate of drug-likeness (QED) is 0.912. The number of amides is 2. The van der Waals surface area contributed by atoms with E-state index >= 15 is 0 Å². The summed E-state index contributed by atoms with van der Waals surface area (Å²) in [7, 11) is 0. The van der Waals surface area contributed by atoms with Crippen molar-refractivity contribution in [1.82, 2.24) is 4.90 Å². The minimum Gasteiger partial charge on any atom is -0.369 e. The summed E-state index contributed by atoms with van der Waals surface area (Å²) in [4.78, 5) is 26.2. The van der Waals surface area contributed by atoms with Crippen LogP contribution in [0.1, 0.15) is 36.3 Å². The molecule has 0 aromatic heterocycles. The van der Waals surface area contributed by atoms with Crippen LogP contribution < -0.4 is 5.73 Å². The van der Waals surface area contributed by atoms with Gasteiger partial charge >= 0.3 is 0 Å². The van der Waals surface area contributed by atoms with Crippen LogP contribution in [-0.4, -0.2) is 29.8 Å². The van der Waals surface area contributed by atoms with Crippen molar-refractivity contribution >= 4 is 11.8 Å². The first-order valence-corrected chi connectivity index (χ1v) is 8.82. The van der Waals surface area contributed by atoms with Crippen LogP contribution in [0.15, 0.2) is 60.7 Å². The predicted octanol–water partition coefficient (Wildman–Crippen LogP) is 2.93. The molecule has 2 aromatic rings. The number of carbonyl (C=O) groups excluding carboxylic acids is 2. The van der Waals surface area contributed by atoms with Gasteiger partial charge in [-0.2, -0.15) is 0 Å². The van der Waals surface area contributed by atoms with Crippen molar-refractivity contribution in [2.45, 2.75) is 25.2 Å². The van der Waals surface area contributed by atoms with Gasteiger partial charge in [0.1, 0.15) is 0 Å². The van der Waals surface area contributed by atoms with Gasteiger partial charge in [-0.25, -0.2) is 0 Å². The van der Waals surface area contributed by atoms with Gasteiger partial charge in [-0.15, -0.1) is 0 Å². The lowest BCUT2D eigenvalue weighted by molar-refractivity contribution is -0.135. The summed E-state index contributed by atoms with van der Waals surface area (Å²) in [6.07, 6.45) is 2.01. The summed E-state index contributed by atoms with van der Waals surface area (Å²) in [6.45, 7) is 1.16. The first kappa shape index (κ1) is 17.2. The first-order chi connectivity index (χ1) is 12.1. The second-order valence-corrected chi connectivity index (χ2v) is 6.66. The van der Waals surface area contributed by atoms with Crippen LogP contribution >= 0.6 is 0 Å². The average Bonchev–Trinajstić information content (AvgIpc) is 2.67. The van der Waals surface area contributed by atoms with Crippen LogP contribution in [0.5, 0.6) is 0 Å². The third-order valence-electron chi connectivity index (χ3n) is 4.96. The summed E-state index contributed by atoms with van der Waals surface area (Å²) in [5.74, 6) is -0.419. The molecule has 1 saturated heterocycles. The molecule has 1 fully saturated rings. The standard InChI is InChI=1S/C21H24N2O2/c22-21(25)18-12-7-13-23(15-18)20(24)14-19(16-8-3-1-4-9-16)17-10-5-2-6-11-17/h1-6,8-11,18-19H,7,12-15H2,(H2,22,25)/t18-/m0/s1. The summed E-state index contributed by atoms with van der Waals surface area (Å²) < 4.78 is 0. The maximum atomic E-state index is 12.9.